The second kappa shape index (κ2) is 8.32. The van der Waals surface area contributed by atoms with Crippen molar-refractivity contribution in [3.05, 3.63) is 0 Å². The lowest BCUT2D eigenvalue weighted by Crippen LogP contribution is -2.39. The lowest BCUT2D eigenvalue weighted by Gasteiger charge is -2.18. The van der Waals surface area contributed by atoms with Crippen LogP contribution in [0.2, 0.25) is 0 Å². The van der Waals surface area contributed by atoms with Gasteiger partial charge in [-0.1, -0.05) is 0 Å². The summed E-state index contributed by atoms with van der Waals surface area (Å²) in [5, 5.41) is 6.27. The number of rotatable bonds is 4. The molecular formula is C13H25ClN4O2. The molecular weight excluding hydrogens is 280 g/mol. The maximum absolute atomic E-state index is 12.0. The Morgan fingerprint density at radius 1 is 1.35 bits per heavy atom. The number of nitrogens with zero attached hydrogens (tertiary/aromatic N) is 2. The Morgan fingerprint density at radius 3 is 2.85 bits per heavy atom. The van der Waals surface area contributed by atoms with Crippen molar-refractivity contribution in [3.63, 3.8) is 0 Å². The zero-order valence-electron chi connectivity index (χ0n) is 12.1. The fourth-order valence-electron chi connectivity index (χ4n) is 2.65. The van der Waals surface area contributed by atoms with E-state index >= 15 is 0 Å². The number of nitrogens with one attached hydrogen (secondary N) is 2. The molecule has 6 nitrogen and oxygen atoms in total. The number of halogens is 1. The van der Waals surface area contributed by atoms with Gasteiger partial charge in [0.05, 0.1) is 0 Å². The highest BCUT2D eigenvalue weighted by atomic mass is 35.5. The van der Waals surface area contributed by atoms with Gasteiger partial charge in [0.15, 0.2) is 0 Å². The molecule has 2 aliphatic rings. The molecule has 116 valence electrons. The molecule has 2 heterocycles. The van der Waals surface area contributed by atoms with Crippen LogP contribution >= 0.6 is 12.4 Å². The van der Waals surface area contributed by atoms with Crippen molar-refractivity contribution in [2.45, 2.75) is 19.3 Å². The molecule has 2 aliphatic heterocycles. The normalized spacial score (nSPS) is 23.2. The summed E-state index contributed by atoms with van der Waals surface area (Å²) in [6.07, 6.45) is 2.94. The number of carbonyl (C=O) groups is 2. The van der Waals surface area contributed by atoms with Crippen molar-refractivity contribution in [3.8, 4) is 0 Å². The monoisotopic (exact) mass is 304 g/mol. The summed E-state index contributed by atoms with van der Waals surface area (Å²) < 4.78 is 0. The minimum atomic E-state index is 0. The quantitative estimate of drug-likeness (QED) is 0.784. The summed E-state index contributed by atoms with van der Waals surface area (Å²) >= 11 is 0. The lowest BCUT2D eigenvalue weighted by molar-refractivity contribution is -0.125. The summed E-state index contributed by atoms with van der Waals surface area (Å²) in [5.41, 5.74) is 0. The Balaban J connectivity index is 0.00000200. The molecule has 2 N–H and O–H groups in total. The number of hydrogen-bond acceptors (Lipinski definition) is 3. The van der Waals surface area contributed by atoms with E-state index in [1.807, 2.05) is 0 Å². The molecule has 1 atom stereocenters. The van der Waals surface area contributed by atoms with E-state index in [1.54, 1.807) is 16.8 Å². The van der Waals surface area contributed by atoms with E-state index in [4.69, 9.17) is 0 Å². The number of hydrogen-bond donors (Lipinski definition) is 2. The SMILES string of the molecule is CN1CCN(CCNC(=O)C2CCCNCC2)C1=O.Cl. The van der Waals surface area contributed by atoms with E-state index in [2.05, 4.69) is 10.6 Å². The van der Waals surface area contributed by atoms with Crippen LogP contribution in [-0.2, 0) is 4.79 Å². The predicted octanol–water partition coefficient (Wildman–Crippen LogP) is 0.281. The molecule has 0 spiro atoms. The highest BCUT2D eigenvalue weighted by Crippen LogP contribution is 2.13. The first-order chi connectivity index (χ1) is 9.18. The number of urea groups is 1. The largest absolute Gasteiger partial charge is 0.354 e. The van der Waals surface area contributed by atoms with E-state index in [-0.39, 0.29) is 30.3 Å². The topological polar surface area (TPSA) is 64.7 Å². The fraction of sp³-hybridized carbons (Fsp3) is 0.846. The third-order valence-electron chi connectivity index (χ3n) is 3.93. The van der Waals surface area contributed by atoms with Crippen molar-refractivity contribution < 1.29 is 9.59 Å². The second-order valence-corrected chi connectivity index (χ2v) is 5.36. The molecule has 2 fully saturated rings. The molecule has 0 saturated carbocycles. The molecule has 1 unspecified atom stereocenters. The Morgan fingerprint density at radius 2 is 2.15 bits per heavy atom. The van der Waals surface area contributed by atoms with E-state index < -0.39 is 0 Å². The molecule has 0 bridgehead atoms. The van der Waals surface area contributed by atoms with Crippen LogP contribution in [0.15, 0.2) is 0 Å². The summed E-state index contributed by atoms with van der Waals surface area (Å²) in [6.45, 7) is 4.65. The number of likely N-dealkylation sites (N-methyl/N-ethyl adjacent to an activating group) is 1. The smallest absolute Gasteiger partial charge is 0.319 e. The maximum atomic E-state index is 12.0. The predicted molar refractivity (Wildman–Crippen MR) is 80.1 cm³/mol. The summed E-state index contributed by atoms with van der Waals surface area (Å²) in [4.78, 5) is 27.2. The van der Waals surface area contributed by atoms with Crippen LogP contribution in [0.3, 0.4) is 0 Å². The van der Waals surface area contributed by atoms with Gasteiger partial charge in [0, 0.05) is 39.1 Å². The average Bonchev–Trinajstić information content (AvgIpc) is 2.65. The van der Waals surface area contributed by atoms with Crippen molar-refractivity contribution in [2.75, 3.05) is 46.3 Å². The minimum Gasteiger partial charge on any atom is -0.354 e. The highest BCUT2D eigenvalue weighted by molar-refractivity contribution is 5.85. The molecule has 0 aliphatic carbocycles. The van der Waals surface area contributed by atoms with Crippen LogP contribution in [0, 0.1) is 5.92 Å². The Kier molecular flexibility index (Phi) is 7.09. The van der Waals surface area contributed by atoms with Gasteiger partial charge in [0.1, 0.15) is 0 Å². The molecule has 0 radical (unpaired) electrons. The highest BCUT2D eigenvalue weighted by Gasteiger charge is 2.25. The van der Waals surface area contributed by atoms with Gasteiger partial charge in [-0.25, -0.2) is 4.79 Å². The third kappa shape index (κ3) is 4.52. The molecule has 0 aromatic carbocycles. The molecule has 7 heteroatoms. The van der Waals surface area contributed by atoms with Gasteiger partial charge in [0.25, 0.3) is 0 Å². The Labute approximate surface area is 126 Å². The first-order valence-electron chi connectivity index (χ1n) is 7.17. The van der Waals surface area contributed by atoms with Crippen molar-refractivity contribution in [2.24, 2.45) is 5.92 Å². The van der Waals surface area contributed by atoms with Crippen LogP contribution in [0.5, 0.6) is 0 Å². The van der Waals surface area contributed by atoms with Gasteiger partial charge in [-0.2, -0.15) is 0 Å². The molecule has 2 saturated heterocycles. The van der Waals surface area contributed by atoms with Crippen molar-refractivity contribution >= 4 is 24.3 Å². The van der Waals surface area contributed by atoms with Crippen molar-refractivity contribution in [1.29, 1.82) is 0 Å². The zero-order valence-corrected chi connectivity index (χ0v) is 12.9. The minimum absolute atomic E-state index is 0. The first kappa shape index (κ1) is 17.0. The van der Waals surface area contributed by atoms with Crippen LogP contribution in [0.25, 0.3) is 0 Å². The summed E-state index contributed by atoms with van der Waals surface area (Å²) in [5.74, 6) is 0.274. The van der Waals surface area contributed by atoms with Crippen LogP contribution in [0.4, 0.5) is 4.79 Å². The Hall–Kier alpha value is -1.01. The maximum Gasteiger partial charge on any atom is 0.319 e. The van der Waals surface area contributed by atoms with Crippen LogP contribution in [-0.4, -0.2) is 68.1 Å². The summed E-state index contributed by atoms with van der Waals surface area (Å²) in [6, 6.07) is 0.0629. The van der Waals surface area contributed by atoms with Crippen molar-refractivity contribution in [1.82, 2.24) is 20.4 Å². The van der Waals surface area contributed by atoms with Gasteiger partial charge in [-0.05, 0) is 32.4 Å². The molecule has 3 amide bonds. The summed E-state index contributed by atoms with van der Waals surface area (Å²) in [7, 11) is 1.81. The van der Waals surface area contributed by atoms with E-state index in [1.165, 1.54) is 0 Å². The lowest BCUT2D eigenvalue weighted by atomic mass is 10.00. The Bertz CT molecular complexity index is 332. The number of carbonyl (C=O) groups excluding carboxylic acids is 2. The van der Waals surface area contributed by atoms with E-state index in [9.17, 15) is 9.59 Å². The molecule has 0 aromatic rings. The van der Waals surface area contributed by atoms with Crippen LogP contribution < -0.4 is 10.6 Å². The third-order valence-corrected chi connectivity index (χ3v) is 3.93. The fourth-order valence-corrected chi connectivity index (χ4v) is 2.65. The van der Waals surface area contributed by atoms with E-state index in [0.717, 1.165) is 45.4 Å². The van der Waals surface area contributed by atoms with Gasteiger partial charge in [-0.15, -0.1) is 12.4 Å². The standard InChI is InChI=1S/C13H24N4O2.ClH/c1-16-9-10-17(13(16)19)8-7-15-12(18)11-3-2-5-14-6-4-11;/h11,14H,2-10H2,1H3,(H,15,18);1H. The number of amides is 3. The first-order valence-corrected chi connectivity index (χ1v) is 7.17. The van der Waals surface area contributed by atoms with Gasteiger partial charge >= 0.3 is 6.03 Å². The van der Waals surface area contributed by atoms with E-state index in [0.29, 0.717) is 13.1 Å². The van der Waals surface area contributed by atoms with Gasteiger partial charge in [0.2, 0.25) is 5.91 Å². The zero-order chi connectivity index (χ0) is 13.7. The molecule has 20 heavy (non-hydrogen) atoms. The van der Waals surface area contributed by atoms with Gasteiger partial charge < -0.3 is 20.4 Å². The van der Waals surface area contributed by atoms with Gasteiger partial charge in [-0.3, -0.25) is 4.79 Å². The molecule has 2 rings (SSSR count). The average molecular weight is 305 g/mol. The second-order valence-electron chi connectivity index (χ2n) is 5.36. The van der Waals surface area contributed by atoms with Crippen LogP contribution in [0.1, 0.15) is 19.3 Å². The molecule has 0 aromatic heterocycles.